The number of nitro groups is 1. The molecule has 5 heteroatoms. The van der Waals surface area contributed by atoms with Crippen LogP contribution in [0.1, 0.15) is 0 Å². The monoisotopic (exact) mass is 185 g/mol. The maximum Gasteiger partial charge on any atom is 0.311 e. The van der Waals surface area contributed by atoms with Crippen LogP contribution in [0.25, 0.3) is 0 Å². The van der Waals surface area contributed by atoms with Crippen molar-refractivity contribution < 1.29 is 10.0 Å². The number of hydrogen-bond donors (Lipinski definition) is 1. The van der Waals surface area contributed by atoms with Gasteiger partial charge in [-0.25, -0.2) is 0 Å². The van der Waals surface area contributed by atoms with Crippen LogP contribution in [0.5, 0.6) is 5.75 Å². The van der Waals surface area contributed by atoms with Gasteiger partial charge in [-0.1, -0.05) is 6.07 Å². The van der Waals surface area contributed by atoms with Crippen molar-refractivity contribution in [2.24, 2.45) is 0 Å². The maximum absolute atomic E-state index is 10.3. The summed E-state index contributed by atoms with van der Waals surface area (Å²) in [5.74, 6) is -0.255. The number of phenols is 1. The maximum atomic E-state index is 10.3. The largest absolute Gasteiger partial charge is 0.501 e. The first-order valence-corrected chi connectivity index (χ1v) is 4.39. The van der Waals surface area contributed by atoms with E-state index in [2.05, 4.69) is 0 Å². The minimum atomic E-state index is -0.602. The molecule has 64 valence electrons. The summed E-state index contributed by atoms with van der Waals surface area (Å²) >= 11 is 1.27. The standard InChI is InChI=1S/C7H7NO3S/c1-12-6-4-2-3-5(7(6)9)8(10)11/h2-4,9H,1H3. The molecule has 0 heterocycles. The summed E-state index contributed by atoms with van der Waals surface area (Å²) < 4.78 is 0. The molecule has 0 unspecified atom stereocenters. The van der Waals surface area contributed by atoms with Crippen molar-refractivity contribution in [3.63, 3.8) is 0 Å². The van der Waals surface area contributed by atoms with E-state index < -0.39 is 4.92 Å². The number of aromatic hydroxyl groups is 1. The molecule has 0 aliphatic rings. The van der Waals surface area contributed by atoms with Gasteiger partial charge in [0.05, 0.1) is 9.82 Å². The summed E-state index contributed by atoms with van der Waals surface area (Å²) in [6.07, 6.45) is 1.75. The number of phenolic OH excluding ortho intramolecular Hbond substituents is 1. The van der Waals surface area contributed by atoms with E-state index in [1.54, 1.807) is 18.4 Å². The molecule has 4 nitrogen and oxygen atoms in total. The predicted molar refractivity (Wildman–Crippen MR) is 46.5 cm³/mol. The molecule has 0 aliphatic carbocycles. The fourth-order valence-electron chi connectivity index (χ4n) is 0.823. The highest BCUT2D eigenvalue weighted by Crippen LogP contribution is 2.34. The molecule has 12 heavy (non-hydrogen) atoms. The van der Waals surface area contributed by atoms with Crippen LogP contribution in [0.3, 0.4) is 0 Å². The quantitative estimate of drug-likeness (QED) is 0.435. The van der Waals surface area contributed by atoms with E-state index in [0.29, 0.717) is 4.90 Å². The van der Waals surface area contributed by atoms with E-state index in [9.17, 15) is 15.2 Å². The van der Waals surface area contributed by atoms with Crippen molar-refractivity contribution in [1.29, 1.82) is 0 Å². The number of nitrogens with zero attached hydrogens (tertiary/aromatic N) is 1. The molecule has 0 saturated carbocycles. The van der Waals surface area contributed by atoms with Crippen LogP contribution in [0, 0.1) is 10.1 Å². The average Bonchev–Trinajstić information content (AvgIpc) is 2.04. The van der Waals surface area contributed by atoms with E-state index in [1.807, 2.05) is 0 Å². The number of nitro benzene ring substituents is 1. The Labute approximate surface area is 73.4 Å². The topological polar surface area (TPSA) is 63.4 Å². The van der Waals surface area contributed by atoms with Gasteiger partial charge in [0, 0.05) is 6.07 Å². The van der Waals surface area contributed by atoms with Crippen molar-refractivity contribution in [3.8, 4) is 5.75 Å². The normalized spacial score (nSPS) is 9.75. The lowest BCUT2D eigenvalue weighted by atomic mass is 10.3. The van der Waals surface area contributed by atoms with Crippen LogP contribution in [0.4, 0.5) is 5.69 Å². The zero-order valence-electron chi connectivity index (χ0n) is 6.35. The molecule has 0 aliphatic heterocycles. The molecule has 1 rings (SSSR count). The Hall–Kier alpha value is -1.23. The van der Waals surface area contributed by atoms with E-state index >= 15 is 0 Å². The average molecular weight is 185 g/mol. The zero-order valence-corrected chi connectivity index (χ0v) is 7.17. The molecular weight excluding hydrogens is 178 g/mol. The van der Waals surface area contributed by atoms with Gasteiger partial charge in [0.25, 0.3) is 0 Å². The smallest absolute Gasteiger partial charge is 0.311 e. The Balaban J connectivity index is 3.23. The molecule has 1 aromatic rings. The van der Waals surface area contributed by atoms with Gasteiger partial charge in [0.1, 0.15) is 0 Å². The Morgan fingerprint density at radius 1 is 1.58 bits per heavy atom. The third-order valence-corrected chi connectivity index (χ3v) is 2.16. The highest BCUT2D eigenvalue weighted by Gasteiger charge is 2.14. The second kappa shape index (κ2) is 3.44. The van der Waals surface area contributed by atoms with Crippen LogP contribution >= 0.6 is 11.8 Å². The van der Waals surface area contributed by atoms with E-state index in [4.69, 9.17) is 0 Å². The van der Waals surface area contributed by atoms with Gasteiger partial charge in [-0.2, -0.15) is 0 Å². The minimum Gasteiger partial charge on any atom is -0.501 e. The summed E-state index contributed by atoms with van der Waals surface area (Å²) in [7, 11) is 0. The molecule has 0 amide bonds. The third-order valence-electron chi connectivity index (χ3n) is 1.39. The molecule has 0 fully saturated rings. The first-order chi connectivity index (χ1) is 5.66. The van der Waals surface area contributed by atoms with Gasteiger partial charge in [-0.15, -0.1) is 11.8 Å². The van der Waals surface area contributed by atoms with Crippen molar-refractivity contribution in [2.75, 3.05) is 6.26 Å². The third kappa shape index (κ3) is 1.50. The Morgan fingerprint density at radius 2 is 2.25 bits per heavy atom. The van der Waals surface area contributed by atoms with Crippen LogP contribution in [-0.2, 0) is 0 Å². The molecule has 0 spiro atoms. The molecule has 1 N–H and O–H groups in total. The van der Waals surface area contributed by atoms with Gasteiger partial charge >= 0.3 is 5.69 Å². The van der Waals surface area contributed by atoms with E-state index in [-0.39, 0.29) is 11.4 Å². The summed E-state index contributed by atoms with van der Waals surface area (Å²) in [5, 5.41) is 19.6. The number of hydrogen-bond acceptors (Lipinski definition) is 4. The Bertz CT molecular complexity index is 314. The zero-order chi connectivity index (χ0) is 9.14. The Morgan fingerprint density at radius 3 is 2.75 bits per heavy atom. The first kappa shape index (κ1) is 8.86. The van der Waals surface area contributed by atoms with Crippen molar-refractivity contribution in [1.82, 2.24) is 0 Å². The minimum absolute atomic E-state index is 0.248. The van der Waals surface area contributed by atoms with Crippen molar-refractivity contribution in [2.45, 2.75) is 4.90 Å². The molecule has 0 saturated heterocycles. The van der Waals surface area contributed by atoms with Crippen molar-refractivity contribution in [3.05, 3.63) is 28.3 Å². The van der Waals surface area contributed by atoms with Crippen molar-refractivity contribution >= 4 is 17.4 Å². The first-order valence-electron chi connectivity index (χ1n) is 3.17. The van der Waals surface area contributed by atoms with Crippen LogP contribution in [0.2, 0.25) is 0 Å². The predicted octanol–water partition coefficient (Wildman–Crippen LogP) is 2.02. The molecule has 0 bridgehead atoms. The number of benzene rings is 1. The summed E-state index contributed by atoms with van der Waals surface area (Å²) in [6, 6.07) is 4.45. The Kier molecular flexibility index (Phi) is 2.54. The van der Waals surface area contributed by atoms with E-state index in [0.717, 1.165) is 0 Å². The van der Waals surface area contributed by atoms with E-state index in [1.165, 1.54) is 17.8 Å². The fraction of sp³-hybridized carbons (Fsp3) is 0.143. The molecule has 0 atom stereocenters. The van der Waals surface area contributed by atoms with Crippen LogP contribution < -0.4 is 0 Å². The lowest BCUT2D eigenvalue weighted by molar-refractivity contribution is -0.386. The van der Waals surface area contributed by atoms with Gasteiger partial charge in [0.15, 0.2) is 0 Å². The van der Waals surface area contributed by atoms with Crippen LogP contribution in [-0.4, -0.2) is 16.3 Å². The highest BCUT2D eigenvalue weighted by molar-refractivity contribution is 7.98. The second-order valence-electron chi connectivity index (χ2n) is 2.09. The SMILES string of the molecule is CSc1cccc([N+](=O)[O-])c1O. The summed E-state index contributed by atoms with van der Waals surface area (Å²) in [5.41, 5.74) is -0.248. The molecule has 0 aromatic heterocycles. The molecular formula is C7H7NO3S. The molecule has 1 aromatic carbocycles. The lowest BCUT2D eigenvalue weighted by Gasteiger charge is -1.99. The van der Waals surface area contributed by atoms with Gasteiger partial charge < -0.3 is 5.11 Å². The second-order valence-corrected chi connectivity index (χ2v) is 2.93. The number of rotatable bonds is 2. The van der Waals surface area contributed by atoms with Gasteiger partial charge in [-0.05, 0) is 12.3 Å². The molecule has 0 radical (unpaired) electrons. The van der Waals surface area contributed by atoms with Gasteiger partial charge in [0.2, 0.25) is 5.75 Å². The summed E-state index contributed by atoms with van der Waals surface area (Å²) in [6.45, 7) is 0. The lowest BCUT2D eigenvalue weighted by Crippen LogP contribution is -1.88. The summed E-state index contributed by atoms with van der Waals surface area (Å²) in [4.78, 5) is 10.2. The fourth-order valence-corrected chi connectivity index (χ4v) is 1.34. The van der Waals surface area contributed by atoms with Crippen LogP contribution in [0.15, 0.2) is 23.1 Å². The highest BCUT2D eigenvalue weighted by atomic mass is 32.2. The van der Waals surface area contributed by atoms with Gasteiger partial charge in [-0.3, -0.25) is 10.1 Å². The number of para-hydroxylation sites is 1. The number of thioether (sulfide) groups is 1.